The summed E-state index contributed by atoms with van der Waals surface area (Å²) >= 11 is 0. The number of hydrogen-bond donors (Lipinski definition) is 1. The molecule has 1 saturated heterocycles. The summed E-state index contributed by atoms with van der Waals surface area (Å²) in [5, 5.41) is 3.33. The van der Waals surface area contributed by atoms with Crippen molar-refractivity contribution in [2.45, 2.75) is 52.0 Å². The summed E-state index contributed by atoms with van der Waals surface area (Å²) < 4.78 is 0. The second-order valence-corrected chi connectivity index (χ2v) is 6.53. The fourth-order valence-electron chi connectivity index (χ4n) is 3.79. The molecule has 0 bridgehead atoms. The van der Waals surface area contributed by atoms with Gasteiger partial charge in [0.25, 0.3) is 0 Å². The minimum Gasteiger partial charge on any atom is -0.319 e. The minimum absolute atomic E-state index is 0.883. The molecule has 0 spiro atoms. The summed E-state index contributed by atoms with van der Waals surface area (Å²) in [4.78, 5) is 2.79. The minimum atomic E-state index is 0.883. The fraction of sp³-hybridized carbons (Fsp3) is 1.00. The van der Waals surface area contributed by atoms with Crippen LogP contribution in [0.1, 0.15) is 46.0 Å². The molecule has 2 nitrogen and oxygen atoms in total. The lowest BCUT2D eigenvalue weighted by Gasteiger charge is -2.37. The van der Waals surface area contributed by atoms with Crippen molar-refractivity contribution in [1.82, 2.24) is 10.2 Å². The molecule has 1 aliphatic carbocycles. The normalized spacial score (nSPS) is 35.6. The number of rotatable bonds is 4. The van der Waals surface area contributed by atoms with Gasteiger partial charge in [0.1, 0.15) is 0 Å². The van der Waals surface area contributed by atoms with Gasteiger partial charge in [-0.05, 0) is 57.2 Å². The van der Waals surface area contributed by atoms with Crippen molar-refractivity contribution in [2.75, 3.05) is 26.7 Å². The smallest absolute Gasteiger partial charge is 0.00981 e. The maximum Gasteiger partial charge on any atom is 0.00981 e. The second kappa shape index (κ2) is 6.19. The average Bonchev–Trinajstić information content (AvgIpc) is 2.78. The van der Waals surface area contributed by atoms with E-state index in [-0.39, 0.29) is 0 Å². The standard InChI is InChI=1S/C15H30N2/c1-12(2)14-5-4-6-15(9-14)17-8-7-13(11-17)10-16-3/h12-16H,4-11H2,1-3H3. The van der Waals surface area contributed by atoms with Gasteiger partial charge >= 0.3 is 0 Å². The third kappa shape index (κ3) is 3.45. The zero-order valence-corrected chi connectivity index (χ0v) is 11.9. The van der Waals surface area contributed by atoms with Crippen molar-refractivity contribution in [3.8, 4) is 0 Å². The molecule has 0 aromatic heterocycles. The molecule has 0 aromatic carbocycles. The molecule has 1 saturated carbocycles. The first-order chi connectivity index (χ1) is 8.20. The Balaban J connectivity index is 1.82. The van der Waals surface area contributed by atoms with Gasteiger partial charge in [0, 0.05) is 12.6 Å². The van der Waals surface area contributed by atoms with E-state index in [1.54, 1.807) is 0 Å². The summed E-state index contributed by atoms with van der Waals surface area (Å²) in [5.74, 6) is 2.77. The molecule has 1 N–H and O–H groups in total. The van der Waals surface area contributed by atoms with Gasteiger partial charge in [-0.2, -0.15) is 0 Å². The second-order valence-electron chi connectivity index (χ2n) is 6.53. The summed E-state index contributed by atoms with van der Waals surface area (Å²) in [6.45, 7) is 8.71. The van der Waals surface area contributed by atoms with Gasteiger partial charge in [-0.15, -0.1) is 0 Å². The number of nitrogens with zero attached hydrogens (tertiary/aromatic N) is 1. The molecule has 2 rings (SSSR count). The molecule has 2 heteroatoms. The first-order valence-corrected chi connectivity index (χ1v) is 7.59. The Labute approximate surface area is 107 Å². The topological polar surface area (TPSA) is 15.3 Å². The monoisotopic (exact) mass is 238 g/mol. The molecule has 0 radical (unpaired) electrons. The van der Waals surface area contributed by atoms with Crippen molar-refractivity contribution in [1.29, 1.82) is 0 Å². The van der Waals surface area contributed by atoms with Crippen molar-refractivity contribution in [2.24, 2.45) is 17.8 Å². The van der Waals surface area contributed by atoms with Crippen LogP contribution in [-0.2, 0) is 0 Å². The van der Waals surface area contributed by atoms with Crippen molar-refractivity contribution in [3.63, 3.8) is 0 Å². The lowest BCUT2D eigenvalue weighted by molar-refractivity contribution is 0.132. The van der Waals surface area contributed by atoms with Crippen LogP contribution in [-0.4, -0.2) is 37.6 Å². The zero-order valence-electron chi connectivity index (χ0n) is 11.9. The molecule has 1 aliphatic heterocycles. The van der Waals surface area contributed by atoms with E-state index in [9.17, 15) is 0 Å². The highest BCUT2D eigenvalue weighted by Gasteiger charge is 2.32. The molecule has 100 valence electrons. The average molecular weight is 238 g/mol. The Kier molecular flexibility index (Phi) is 4.87. The maximum absolute atomic E-state index is 3.33. The third-order valence-corrected chi connectivity index (χ3v) is 4.96. The van der Waals surface area contributed by atoms with Crippen molar-refractivity contribution < 1.29 is 0 Å². The van der Waals surface area contributed by atoms with Crippen molar-refractivity contribution >= 4 is 0 Å². The Bertz CT molecular complexity index is 227. The van der Waals surface area contributed by atoms with Crippen LogP contribution < -0.4 is 5.32 Å². The van der Waals surface area contributed by atoms with Crippen LogP contribution in [0.3, 0.4) is 0 Å². The molecular formula is C15H30N2. The molecule has 17 heavy (non-hydrogen) atoms. The Morgan fingerprint density at radius 1 is 1.24 bits per heavy atom. The van der Waals surface area contributed by atoms with Crippen LogP contribution in [0.4, 0.5) is 0 Å². The van der Waals surface area contributed by atoms with E-state index in [4.69, 9.17) is 0 Å². The highest BCUT2D eigenvalue weighted by Crippen LogP contribution is 2.34. The van der Waals surface area contributed by atoms with E-state index in [1.165, 1.54) is 51.7 Å². The van der Waals surface area contributed by atoms with Gasteiger partial charge < -0.3 is 10.2 Å². The predicted molar refractivity (Wildman–Crippen MR) is 74.2 cm³/mol. The van der Waals surface area contributed by atoms with Gasteiger partial charge in [0.2, 0.25) is 0 Å². The Morgan fingerprint density at radius 3 is 2.76 bits per heavy atom. The highest BCUT2D eigenvalue weighted by atomic mass is 15.2. The molecule has 2 fully saturated rings. The van der Waals surface area contributed by atoms with Crippen LogP contribution in [0.5, 0.6) is 0 Å². The summed E-state index contributed by atoms with van der Waals surface area (Å²) in [6.07, 6.45) is 7.26. The first kappa shape index (κ1) is 13.4. The van der Waals surface area contributed by atoms with E-state index < -0.39 is 0 Å². The molecule has 3 unspecified atom stereocenters. The molecule has 2 aliphatic rings. The molecule has 0 amide bonds. The predicted octanol–water partition coefficient (Wildman–Crippen LogP) is 2.74. The maximum atomic E-state index is 3.33. The molecular weight excluding hydrogens is 208 g/mol. The van der Waals surface area contributed by atoms with Crippen LogP contribution in [0.25, 0.3) is 0 Å². The fourth-order valence-corrected chi connectivity index (χ4v) is 3.79. The van der Waals surface area contributed by atoms with E-state index in [0.717, 1.165) is 23.8 Å². The first-order valence-electron chi connectivity index (χ1n) is 7.59. The third-order valence-electron chi connectivity index (χ3n) is 4.96. The Morgan fingerprint density at radius 2 is 2.06 bits per heavy atom. The van der Waals surface area contributed by atoms with E-state index in [2.05, 4.69) is 31.1 Å². The van der Waals surface area contributed by atoms with Gasteiger partial charge in [-0.3, -0.25) is 0 Å². The SMILES string of the molecule is CNCC1CCN(C2CCCC(C(C)C)C2)C1. The molecule has 3 atom stereocenters. The van der Waals surface area contributed by atoms with Crippen molar-refractivity contribution in [3.05, 3.63) is 0 Å². The van der Waals surface area contributed by atoms with E-state index in [1.807, 2.05) is 0 Å². The van der Waals surface area contributed by atoms with Crippen LogP contribution >= 0.6 is 0 Å². The van der Waals surface area contributed by atoms with Gasteiger partial charge in [-0.25, -0.2) is 0 Å². The molecule has 1 heterocycles. The van der Waals surface area contributed by atoms with Gasteiger partial charge in [0.15, 0.2) is 0 Å². The van der Waals surface area contributed by atoms with E-state index >= 15 is 0 Å². The lowest BCUT2D eigenvalue weighted by Crippen LogP contribution is -2.38. The van der Waals surface area contributed by atoms with Crippen LogP contribution in [0.15, 0.2) is 0 Å². The number of nitrogens with one attached hydrogen (secondary N) is 1. The quantitative estimate of drug-likeness (QED) is 0.810. The van der Waals surface area contributed by atoms with Gasteiger partial charge in [0.05, 0.1) is 0 Å². The Hall–Kier alpha value is -0.0800. The number of hydrogen-bond acceptors (Lipinski definition) is 2. The zero-order chi connectivity index (χ0) is 12.3. The van der Waals surface area contributed by atoms with Crippen LogP contribution in [0.2, 0.25) is 0 Å². The largest absolute Gasteiger partial charge is 0.319 e. The molecule has 0 aromatic rings. The van der Waals surface area contributed by atoms with E-state index in [0.29, 0.717) is 0 Å². The number of likely N-dealkylation sites (tertiary alicyclic amines) is 1. The lowest BCUT2D eigenvalue weighted by atomic mass is 9.79. The summed E-state index contributed by atoms with van der Waals surface area (Å²) in [5.41, 5.74) is 0. The summed E-state index contributed by atoms with van der Waals surface area (Å²) in [6, 6.07) is 0.901. The van der Waals surface area contributed by atoms with Crippen LogP contribution in [0, 0.1) is 17.8 Å². The van der Waals surface area contributed by atoms with Gasteiger partial charge in [-0.1, -0.05) is 26.7 Å². The highest BCUT2D eigenvalue weighted by molar-refractivity contribution is 4.86. The summed E-state index contributed by atoms with van der Waals surface area (Å²) in [7, 11) is 2.08.